The number of nitrogens with one attached hydrogen (secondary N) is 1. The molecule has 0 bridgehead atoms. The number of nitrogens with zero attached hydrogens (tertiary/aromatic N) is 3. The molecule has 24 heavy (non-hydrogen) atoms. The highest BCUT2D eigenvalue weighted by Crippen LogP contribution is 2.23. The minimum atomic E-state index is 0.673. The predicted octanol–water partition coefficient (Wildman–Crippen LogP) is 5.13. The molecule has 3 rings (SSSR count). The lowest BCUT2D eigenvalue weighted by atomic mass is 10.2. The first-order valence-electron chi connectivity index (χ1n) is 7.69. The lowest BCUT2D eigenvalue weighted by Crippen LogP contribution is -2.23. The first kappa shape index (κ1) is 16.1. The summed E-state index contributed by atoms with van der Waals surface area (Å²) in [6.07, 6.45) is 1.96. The third kappa shape index (κ3) is 4.17. The van der Waals surface area contributed by atoms with Gasteiger partial charge in [0.05, 0.1) is 18.8 Å². The molecule has 0 amide bonds. The Morgan fingerprint density at radius 1 is 1.00 bits per heavy atom. The molecule has 0 aliphatic rings. The molecule has 0 radical (unpaired) electrons. The minimum absolute atomic E-state index is 0.673. The highest BCUT2D eigenvalue weighted by Gasteiger charge is 2.06. The Hall–Kier alpha value is -2.73. The van der Waals surface area contributed by atoms with E-state index in [2.05, 4.69) is 15.5 Å². The minimum Gasteiger partial charge on any atom is -0.494 e. The first-order valence-corrected chi connectivity index (χ1v) is 8.57. The van der Waals surface area contributed by atoms with Crippen molar-refractivity contribution in [3.8, 4) is 5.75 Å². The number of thiazole rings is 1. The maximum atomic E-state index is 5.44. The molecule has 0 atom stereocenters. The van der Waals surface area contributed by atoms with E-state index < -0.39 is 0 Å². The van der Waals surface area contributed by atoms with E-state index in [9.17, 15) is 0 Å². The molecule has 0 saturated heterocycles. The summed E-state index contributed by atoms with van der Waals surface area (Å²) in [5, 5.41) is 14.7. The summed E-state index contributed by atoms with van der Waals surface area (Å²) >= 11 is 1.56. The summed E-state index contributed by atoms with van der Waals surface area (Å²) in [5.74, 6) is 0.876. The van der Waals surface area contributed by atoms with Gasteiger partial charge in [0.15, 0.2) is 0 Å². The van der Waals surface area contributed by atoms with E-state index in [-0.39, 0.29) is 0 Å². The molecule has 1 heterocycles. The van der Waals surface area contributed by atoms with Gasteiger partial charge >= 0.3 is 5.13 Å². The number of azo groups is 1. The average Bonchev–Trinajstić information content (AvgIpc) is 3.01. The van der Waals surface area contributed by atoms with Crippen molar-refractivity contribution in [2.75, 3.05) is 11.9 Å². The SMILES string of the molecule is CCOc1ccc(Nc2ccc(N=Nc3scc[n+]3C)cc2)cc1. The zero-order chi connectivity index (χ0) is 16.8. The van der Waals surface area contributed by atoms with Crippen molar-refractivity contribution < 1.29 is 9.30 Å². The van der Waals surface area contributed by atoms with Crippen molar-refractivity contribution in [2.45, 2.75) is 6.92 Å². The standard InChI is InChI=1S/C18H18N4OS/c1-3-23-17-10-8-15(9-11-17)19-14-4-6-16(7-5-14)20-21-18-22(2)12-13-24-18/h4-13H,3H2,1-2H3/p+1. The smallest absolute Gasteiger partial charge is 0.408 e. The summed E-state index contributed by atoms with van der Waals surface area (Å²) in [6.45, 7) is 2.65. The number of anilines is 2. The summed E-state index contributed by atoms with van der Waals surface area (Å²) in [6, 6.07) is 15.7. The van der Waals surface area contributed by atoms with Crippen LogP contribution in [0.5, 0.6) is 5.75 Å². The largest absolute Gasteiger partial charge is 0.494 e. The van der Waals surface area contributed by atoms with Gasteiger partial charge in [-0.25, -0.2) is 4.57 Å². The van der Waals surface area contributed by atoms with E-state index in [0.29, 0.717) is 6.61 Å². The van der Waals surface area contributed by atoms with Crippen molar-refractivity contribution in [3.05, 3.63) is 60.1 Å². The van der Waals surface area contributed by atoms with E-state index >= 15 is 0 Å². The molecule has 5 nitrogen and oxygen atoms in total. The summed E-state index contributed by atoms with van der Waals surface area (Å²) in [7, 11) is 1.95. The van der Waals surface area contributed by atoms with Gasteiger partial charge in [0.2, 0.25) is 0 Å². The second kappa shape index (κ2) is 7.70. The molecule has 6 heteroatoms. The maximum absolute atomic E-state index is 5.44. The normalized spacial score (nSPS) is 10.9. The lowest BCUT2D eigenvalue weighted by Gasteiger charge is -2.08. The van der Waals surface area contributed by atoms with Crippen LogP contribution in [0.4, 0.5) is 22.2 Å². The van der Waals surface area contributed by atoms with Gasteiger partial charge in [-0.3, -0.25) is 0 Å². The van der Waals surface area contributed by atoms with E-state index in [1.54, 1.807) is 11.3 Å². The van der Waals surface area contributed by atoms with Gasteiger partial charge < -0.3 is 10.1 Å². The maximum Gasteiger partial charge on any atom is 0.408 e. The van der Waals surface area contributed by atoms with Gasteiger partial charge in [-0.05, 0) is 71.9 Å². The van der Waals surface area contributed by atoms with Crippen LogP contribution in [-0.4, -0.2) is 6.61 Å². The lowest BCUT2D eigenvalue weighted by molar-refractivity contribution is -0.654. The zero-order valence-electron chi connectivity index (χ0n) is 13.6. The number of hydrogen-bond donors (Lipinski definition) is 1. The molecular weight excluding hydrogens is 320 g/mol. The molecule has 0 unspecified atom stereocenters. The topological polar surface area (TPSA) is 49.9 Å². The van der Waals surface area contributed by atoms with Crippen molar-refractivity contribution >= 4 is 33.5 Å². The van der Waals surface area contributed by atoms with Gasteiger partial charge in [-0.2, -0.15) is 0 Å². The van der Waals surface area contributed by atoms with Crippen LogP contribution in [0.3, 0.4) is 0 Å². The van der Waals surface area contributed by atoms with Crippen LogP contribution in [0.25, 0.3) is 0 Å². The molecule has 0 saturated carbocycles. The number of hydrogen-bond acceptors (Lipinski definition) is 5. The van der Waals surface area contributed by atoms with Crippen molar-refractivity contribution in [2.24, 2.45) is 17.3 Å². The third-order valence-corrected chi connectivity index (χ3v) is 4.17. The predicted molar refractivity (Wildman–Crippen MR) is 97.0 cm³/mol. The molecule has 0 aliphatic heterocycles. The first-order chi connectivity index (χ1) is 11.7. The van der Waals surface area contributed by atoms with Crippen LogP contribution in [-0.2, 0) is 7.05 Å². The van der Waals surface area contributed by atoms with Gasteiger partial charge in [-0.1, -0.05) is 0 Å². The van der Waals surface area contributed by atoms with E-state index in [1.165, 1.54) is 0 Å². The van der Waals surface area contributed by atoms with Crippen LogP contribution in [0, 0.1) is 0 Å². The molecule has 2 aromatic carbocycles. The van der Waals surface area contributed by atoms with Gasteiger partial charge in [-0.15, -0.1) is 0 Å². The monoisotopic (exact) mass is 339 g/mol. The molecule has 0 aliphatic carbocycles. The van der Waals surface area contributed by atoms with E-state index in [0.717, 1.165) is 27.9 Å². The number of aromatic nitrogens is 1. The quantitative estimate of drug-likeness (QED) is 0.500. The Kier molecular flexibility index (Phi) is 5.18. The van der Waals surface area contributed by atoms with Crippen molar-refractivity contribution in [1.29, 1.82) is 0 Å². The molecule has 1 aromatic heterocycles. The molecule has 0 spiro atoms. The molecule has 1 N–H and O–H groups in total. The molecular formula is C18H19N4OS+. The number of rotatable bonds is 6. The molecule has 3 aromatic rings. The number of aryl methyl sites for hydroxylation is 1. The fourth-order valence-electron chi connectivity index (χ4n) is 2.10. The van der Waals surface area contributed by atoms with Crippen LogP contribution in [0.15, 0.2) is 70.3 Å². The second-order valence-corrected chi connectivity index (χ2v) is 6.00. The fraction of sp³-hybridized carbons (Fsp3) is 0.167. The fourth-order valence-corrected chi connectivity index (χ4v) is 2.78. The van der Waals surface area contributed by atoms with Crippen LogP contribution in [0.1, 0.15) is 6.92 Å². The Labute approximate surface area is 145 Å². The van der Waals surface area contributed by atoms with Crippen LogP contribution in [0.2, 0.25) is 0 Å². The summed E-state index contributed by atoms with van der Waals surface area (Å²) < 4.78 is 7.38. The highest BCUT2D eigenvalue weighted by atomic mass is 32.1. The van der Waals surface area contributed by atoms with Gasteiger partial charge in [0, 0.05) is 16.8 Å². The second-order valence-electron chi connectivity index (χ2n) is 5.13. The number of benzene rings is 2. The van der Waals surface area contributed by atoms with Crippen molar-refractivity contribution in [3.63, 3.8) is 0 Å². The Balaban J connectivity index is 1.64. The van der Waals surface area contributed by atoms with E-state index in [1.807, 2.05) is 78.6 Å². The third-order valence-electron chi connectivity index (χ3n) is 3.33. The average molecular weight is 339 g/mol. The molecule has 0 fully saturated rings. The Bertz CT molecular complexity index is 810. The van der Waals surface area contributed by atoms with E-state index in [4.69, 9.17) is 4.74 Å². The highest BCUT2D eigenvalue weighted by molar-refractivity contribution is 7.12. The van der Waals surface area contributed by atoms with Crippen LogP contribution < -0.4 is 14.6 Å². The Morgan fingerprint density at radius 2 is 1.67 bits per heavy atom. The van der Waals surface area contributed by atoms with Gasteiger partial charge in [0.25, 0.3) is 0 Å². The van der Waals surface area contributed by atoms with Gasteiger partial charge in [0.1, 0.15) is 17.6 Å². The summed E-state index contributed by atoms with van der Waals surface area (Å²) in [5.41, 5.74) is 2.83. The van der Waals surface area contributed by atoms with Crippen LogP contribution >= 0.6 is 11.3 Å². The Morgan fingerprint density at radius 3 is 2.25 bits per heavy atom. The van der Waals surface area contributed by atoms with Crippen molar-refractivity contribution in [1.82, 2.24) is 0 Å². The molecule has 122 valence electrons. The number of ether oxygens (including phenoxy) is 1. The zero-order valence-corrected chi connectivity index (χ0v) is 14.5. The summed E-state index contributed by atoms with van der Waals surface area (Å²) in [4.78, 5) is 0.